The van der Waals surface area contributed by atoms with Crippen LogP contribution in [0.1, 0.15) is 5.56 Å². The Bertz CT molecular complexity index is 672. The molecule has 0 unspecified atom stereocenters. The van der Waals surface area contributed by atoms with E-state index in [1.54, 1.807) is 0 Å². The zero-order valence-corrected chi connectivity index (χ0v) is 13.8. The smallest absolute Gasteiger partial charge is 0.213 e. The maximum Gasteiger partial charge on any atom is 0.213 e. The first-order valence-corrected chi connectivity index (χ1v) is 7.53. The summed E-state index contributed by atoms with van der Waals surface area (Å²) in [6.07, 6.45) is 0. The van der Waals surface area contributed by atoms with Crippen molar-refractivity contribution < 1.29 is 17.9 Å². The molecule has 0 saturated carbocycles. The van der Waals surface area contributed by atoms with E-state index in [0.29, 0.717) is 5.56 Å². The Balaban J connectivity index is 2.15. The SMILES string of the molecule is Fc1ccc(COCC(Cl)(Cl)Cl)cc1Nc1c(F)cccc1F. The maximum absolute atomic E-state index is 13.8. The van der Waals surface area contributed by atoms with Gasteiger partial charge in [-0.25, -0.2) is 13.2 Å². The lowest BCUT2D eigenvalue weighted by molar-refractivity contribution is 0.126. The van der Waals surface area contributed by atoms with E-state index < -0.39 is 26.9 Å². The molecule has 0 bridgehead atoms. The van der Waals surface area contributed by atoms with Crippen LogP contribution in [0, 0.1) is 17.5 Å². The first kappa shape index (κ1) is 18.2. The number of alkyl halides is 3. The van der Waals surface area contributed by atoms with E-state index in [2.05, 4.69) is 5.32 Å². The minimum absolute atomic E-state index is 0.0443. The first-order valence-electron chi connectivity index (χ1n) is 6.40. The highest BCUT2D eigenvalue weighted by Gasteiger charge is 2.19. The molecule has 0 saturated heterocycles. The van der Waals surface area contributed by atoms with Gasteiger partial charge in [0.15, 0.2) is 0 Å². The van der Waals surface area contributed by atoms with Gasteiger partial charge < -0.3 is 10.1 Å². The molecule has 0 aliphatic rings. The maximum atomic E-state index is 13.8. The molecule has 2 aromatic carbocycles. The number of benzene rings is 2. The summed E-state index contributed by atoms with van der Waals surface area (Å²) in [5.74, 6) is -2.33. The topological polar surface area (TPSA) is 21.3 Å². The highest BCUT2D eigenvalue weighted by molar-refractivity contribution is 6.67. The van der Waals surface area contributed by atoms with Crippen LogP contribution < -0.4 is 5.32 Å². The Morgan fingerprint density at radius 3 is 2.22 bits per heavy atom. The normalized spacial score (nSPS) is 11.6. The van der Waals surface area contributed by atoms with Crippen molar-refractivity contribution in [1.29, 1.82) is 0 Å². The molecule has 0 amide bonds. The van der Waals surface area contributed by atoms with Gasteiger partial charge in [-0.2, -0.15) is 0 Å². The summed E-state index contributed by atoms with van der Waals surface area (Å²) < 4.78 is 44.7. The van der Waals surface area contributed by atoms with Gasteiger partial charge in [-0.3, -0.25) is 0 Å². The predicted octanol–water partition coefficient (Wildman–Crippen LogP) is 5.73. The van der Waals surface area contributed by atoms with E-state index in [1.807, 2.05) is 0 Å². The minimum atomic E-state index is -1.56. The van der Waals surface area contributed by atoms with Crippen molar-refractivity contribution in [3.8, 4) is 0 Å². The van der Waals surface area contributed by atoms with E-state index in [1.165, 1.54) is 18.2 Å². The van der Waals surface area contributed by atoms with Crippen molar-refractivity contribution in [2.45, 2.75) is 10.4 Å². The number of rotatable bonds is 5. The third-order valence-corrected chi connectivity index (χ3v) is 3.11. The third kappa shape index (κ3) is 5.46. The van der Waals surface area contributed by atoms with E-state index in [-0.39, 0.29) is 18.9 Å². The molecule has 0 spiro atoms. The standard InChI is InChI=1S/C15H11Cl3F3NO/c16-15(17,18)8-23-7-9-4-5-10(19)13(6-9)22-14-11(20)2-1-3-12(14)21/h1-6,22H,7-8H2. The van der Waals surface area contributed by atoms with Crippen LogP contribution >= 0.6 is 34.8 Å². The fourth-order valence-electron chi connectivity index (χ4n) is 1.79. The van der Waals surface area contributed by atoms with Gasteiger partial charge in [0, 0.05) is 0 Å². The number of anilines is 2. The number of ether oxygens (including phenoxy) is 1. The van der Waals surface area contributed by atoms with Gasteiger partial charge in [0.05, 0.1) is 18.9 Å². The van der Waals surface area contributed by atoms with Crippen LogP contribution in [0.15, 0.2) is 36.4 Å². The lowest BCUT2D eigenvalue weighted by Crippen LogP contribution is -2.12. The van der Waals surface area contributed by atoms with Crippen LogP contribution in [-0.2, 0) is 11.3 Å². The van der Waals surface area contributed by atoms with Crippen LogP contribution in [0.4, 0.5) is 24.5 Å². The summed E-state index contributed by atoms with van der Waals surface area (Å²) in [6, 6.07) is 7.31. The molecule has 23 heavy (non-hydrogen) atoms. The Kier molecular flexibility index (Phi) is 6.03. The first-order chi connectivity index (χ1) is 10.8. The lowest BCUT2D eigenvalue weighted by Gasteiger charge is -2.13. The molecule has 0 aliphatic heterocycles. The largest absolute Gasteiger partial charge is 0.372 e. The van der Waals surface area contributed by atoms with Gasteiger partial charge in [0.1, 0.15) is 23.1 Å². The van der Waals surface area contributed by atoms with Crippen LogP contribution in [-0.4, -0.2) is 10.4 Å². The number of hydrogen-bond acceptors (Lipinski definition) is 2. The number of para-hydroxylation sites is 1. The van der Waals surface area contributed by atoms with Gasteiger partial charge in [0.25, 0.3) is 0 Å². The molecule has 124 valence electrons. The van der Waals surface area contributed by atoms with Gasteiger partial charge in [0.2, 0.25) is 3.79 Å². The molecule has 0 atom stereocenters. The third-order valence-electron chi connectivity index (χ3n) is 2.79. The molecule has 8 heteroatoms. The molecular weight excluding hydrogens is 374 g/mol. The zero-order chi connectivity index (χ0) is 17.0. The van der Waals surface area contributed by atoms with Crippen LogP contribution in [0.5, 0.6) is 0 Å². The van der Waals surface area contributed by atoms with Gasteiger partial charge in [-0.1, -0.05) is 46.9 Å². The van der Waals surface area contributed by atoms with E-state index >= 15 is 0 Å². The summed E-state index contributed by atoms with van der Waals surface area (Å²) in [4.78, 5) is 0. The van der Waals surface area contributed by atoms with Crippen molar-refractivity contribution >= 4 is 46.2 Å². The Morgan fingerprint density at radius 2 is 1.61 bits per heavy atom. The number of halogens is 6. The molecule has 0 aromatic heterocycles. The van der Waals surface area contributed by atoms with Crippen LogP contribution in [0.25, 0.3) is 0 Å². The average molecular weight is 385 g/mol. The monoisotopic (exact) mass is 383 g/mol. The second-order valence-electron chi connectivity index (χ2n) is 4.64. The zero-order valence-electron chi connectivity index (χ0n) is 11.6. The van der Waals surface area contributed by atoms with Gasteiger partial charge in [-0.05, 0) is 29.8 Å². The predicted molar refractivity (Wildman–Crippen MR) is 86.0 cm³/mol. The molecule has 2 aromatic rings. The summed E-state index contributed by atoms with van der Waals surface area (Å²) in [7, 11) is 0. The van der Waals surface area contributed by atoms with Crippen LogP contribution in [0.2, 0.25) is 0 Å². The number of hydrogen-bond donors (Lipinski definition) is 1. The molecule has 0 heterocycles. The molecule has 2 nitrogen and oxygen atoms in total. The molecule has 2 rings (SSSR count). The highest BCUT2D eigenvalue weighted by Crippen LogP contribution is 2.28. The summed E-state index contributed by atoms with van der Waals surface area (Å²) in [6.45, 7) is -0.109. The second kappa shape index (κ2) is 7.62. The van der Waals surface area contributed by atoms with Crippen molar-refractivity contribution in [2.75, 3.05) is 11.9 Å². The van der Waals surface area contributed by atoms with Crippen molar-refractivity contribution in [2.24, 2.45) is 0 Å². The molecule has 1 N–H and O–H groups in total. The van der Waals surface area contributed by atoms with Gasteiger partial charge in [-0.15, -0.1) is 0 Å². The van der Waals surface area contributed by atoms with Crippen molar-refractivity contribution in [1.82, 2.24) is 0 Å². The molecule has 0 radical (unpaired) electrons. The Morgan fingerprint density at radius 1 is 0.957 bits per heavy atom. The molecular formula is C15H11Cl3F3NO. The van der Waals surface area contributed by atoms with E-state index in [4.69, 9.17) is 39.5 Å². The number of nitrogens with one attached hydrogen (secondary N) is 1. The fraction of sp³-hybridized carbons (Fsp3) is 0.200. The lowest BCUT2D eigenvalue weighted by atomic mass is 10.2. The summed E-state index contributed by atoms with van der Waals surface area (Å²) in [5.41, 5.74) is 0.00893. The molecule has 0 fully saturated rings. The quantitative estimate of drug-likeness (QED) is 0.664. The van der Waals surface area contributed by atoms with E-state index in [9.17, 15) is 13.2 Å². The van der Waals surface area contributed by atoms with E-state index in [0.717, 1.165) is 18.2 Å². The van der Waals surface area contributed by atoms with Crippen LogP contribution in [0.3, 0.4) is 0 Å². The van der Waals surface area contributed by atoms with Crippen molar-refractivity contribution in [3.63, 3.8) is 0 Å². The Hall–Kier alpha value is -1.14. The summed E-state index contributed by atoms with van der Waals surface area (Å²) >= 11 is 16.6. The Labute approximate surface area is 146 Å². The second-order valence-corrected chi connectivity index (χ2v) is 7.16. The summed E-state index contributed by atoms with van der Waals surface area (Å²) in [5, 5.41) is 2.40. The fourth-order valence-corrected chi connectivity index (χ4v) is 2.03. The average Bonchev–Trinajstić information content (AvgIpc) is 2.44. The molecule has 0 aliphatic carbocycles. The van der Waals surface area contributed by atoms with Gasteiger partial charge >= 0.3 is 0 Å². The minimum Gasteiger partial charge on any atom is -0.372 e. The highest BCUT2D eigenvalue weighted by atomic mass is 35.6. The van der Waals surface area contributed by atoms with Crippen molar-refractivity contribution in [3.05, 3.63) is 59.4 Å².